The molecule has 1 fully saturated rings. The van der Waals surface area contributed by atoms with Crippen molar-refractivity contribution in [2.45, 2.75) is 18.9 Å². The van der Waals surface area contributed by atoms with E-state index in [0.29, 0.717) is 21.7 Å². The molecule has 19 heavy (non-hydrogen) atoms. The Morgan fingerprint density at radius 2 is 1.95 bits per heavy atom. The second-order valence-corrected chi connectivity index (χ2v) is 5.24. The molecule has 2 rings (SSSR count). The molecule has 0 aromatic heterocycles. The van der Waals surface area contributed by atoms with Crippen LogP contribution in [-0.4, -0.2) is 37.0 Å². The number of piperidine rings is 1. The molecule has 0 atom stereocenters. The summed E-state index contributed by atoms with van der Waals surface area (Å²) in [7, 11) is 1.95. The minimum atomic E-state index is -0.0305. The zero-order chi connectivity index (χ0) is 13.1. The summed E-state index contributed by atoms with van der Waals surface area (Å²) in [5.41, 5.74) is 0.493. The van der Waals surface area contributed by atoms with Crippen LogP contribution in [-0.2, 0) is 0 Å². The van der Waals surface area contributed by atoms with E-state index < -0.39 is 0 Å². The number of halogens is 3. The first kappa shape index (κ1) is 16.6. The second kappa shape index (κ2) is 7.34. The number of rotatable bonds is 2. The largest absolute Gasteiger partial charge is 0.338 e. The van der Waals surface area contributed by atoms with Gasteiger partial charge in [-0.1, -0.05) is 29.3 Å². The van der Waals surface area contributed by atoms with Crippen molar-refractivity contribution >= 4 is 41.5 Å². The van der Waals surface area contributed by atoms with Crippen LogP contribution in [0.5, 0.6) is 0 Å². The SMILES string of the molecule is CNC1CCN(C(=O)c2cccc(Cl)c2Cl)CC1.Cl. The monoisotopic (exact) mass is 322 g/mol. The Hall–Kier alpha value is -0.480. The summed E-state index contributed by atoms with van der Waals surface area (Å²) in [6, 6.07) is 5.67. The van der Waals surface area contributed by atoms with Crippen molar-refractivity contribution in [3.63, 3.8) is 0 Å². The van der Waals surface area contributed by atoms with Crippen LogP contribution in [0, 0.1) is 0 Å². The average molecular weight is 324 g/mol. The van der Waals surface area contributed by atoms with E-state index in [-0.39, 0.29) is 18.3 Å². The van der Waals surface area contributed by atoms with E-state index in [2.05, 4.69) is 5.32 Å². The van der Waals surface area contributed by atoms with E-state index in [1.54, 1.807) is 18.2 Å². The lowest BCUT2D eigenvalue weighted by Crippen LogP contribution is -2.44. The van der Waals surface area contributed by atoms with Crippen molar-refractivity contribution in [2.24, 2.45) is 0 Å². The van der Waals surface area contributed by atoms with E-state index in [1.807, 2.05) is 11.9 Å². The molecular formula is C13H17Cl3N2O. The topological polar surface area (TPSA) is 32.3 Å². The third kappa shape index (κ3) is 3.76. The lowest BCUT2D eigenvalue weighted by Gasteiger charge is -2.32. The number of likely N-dealkylation sites (tertiary alicyclic amines) is 1. The number of nitrogens with one attached hydrogen (secondary N) is 1. The summed E-state index contributed by atoms with van der Waals surface area (Å²) < 4.78 is 0. The predicted octanol–water partition coefficient (Wildman–Crippen LogP) is 3.24. The van der Waals surface area contributed by atoms with Crippen molar-refractivity contribution < 1.29 is 4.79 Å². The second-order valence-electron chi connectivity index (χ2n) is 4.46. The van der Waals surface area contributed by atoms with Gasteiger partial charge in [0.05, 0.1) is 15.6 Å². The first-order chi connectivity index (χ1) is 8.63. The minimum absolute atomic E-state index is 0. The molecule has 1 N–H and O–H groups in total. The maximum absolute atomic E-state index is 12.3. The maximum Gasteiger partial charge on any atom is 0.255 e. The first-order valence-electron chi connectivity index (χ1n) is 6.04. The third-order valence-electron chi connectivity index (χ3n) is 3.37. The van der Waals surface area contributed by atoms with Crippen LogP contribution in [0.25, 0.3) is 0 Å². The summed E-state index contributed by atoms with van der Waals surface area (Å²) in [4.78, 5) is 14.2. The van der Waals surface area contributed by atoms with E-state index >= 15 is 0 Å². The Balaban J connectivity index is 0.00000180. The van der Waals surface area contributed by atoms with Gasteiger partial charge in [0.2, 0.25) is 0 Å². The van der Waals surface area contributed by atoms with Gasteiger partial charge >= 0.3 is 0 Å². The van der Waals surface area contributed by atoms with Crippen LogP contribution in [0.15, 0.2) is 18.2 Å². The van der Waals surface area contributed by atoms with Crippen LogP contribution in [0.1, 0.15) is 23.2 Å². The standard InChI is InChI=1S/C13H16Cl2N2O.ClH/c1-16-9-5-7-17(8-6-9)13(18)10-3-2-4-11(14)12(10)15;/h2-4,9,16H,5-8H2,1H3;1H. The van der Waals surface area contributed by atoms with E-state index in [9.17, 15) is 4.79 Å². The quantitative estimate of drug-likeness (QED) is 0.906. The maximum atomic E-state index is 12.3. The number of hydrogen-bond acceptors (Lipinski definition) is 2. The van der Waals surface area contributed by atoms with Crippen LogP contribution in [0.3, 0.4) is 0 Å². The molecule has 0 bridgehead atoms. The average Bonchev–Trinajstić information content (AvgIpc) is 2.41. The molecule has 1 aromatic rings. The van der Waals surface area contributed by atoms with Gasteiger partial charge in [-0.15, -0.1) is 12.4 Å². The number of carbonyl (C=O) groups is 1. The Morgan fingerprint density at radius 3 is 2.53 bits per heavy atom. The molecule has 0 saturated carbocycles. The molecule has 0 radical (unpaired) electrons. The molecule has 1 aliphatic rings. The predicted molar refractivity (Wildman–Crippen MR) is 81.7 cm³/mol. The molecule has 0 unspecified atom stereocenters. The smallest absolute Gasteiger partial charge is 0.255 e. The molecule has 1 saturated heterocycles. The van der Waals surface area contributed by atoms with Crippen LogP contribution in [0.4, 0.5) is 0 Å². The van der Waals surface area contributed by atoms with Crippen molar-refractivity contribution in [3.8, 4) is 0 Å². The highest BCUT2D eigenvalue weighted by atomic mass is 35.5. The summed E-state index contributed by atoms with van der Waals surface area (Å²) in [5.74, 6) is -0.0305. The van der Waals surface area contributed by atoms with Gasteiger partial charge in [0.15, 0.2) is 0 Å². The zero-order valence-corrected chi connectivity index (χ0v) is 13.0. The highest BCUT2D eigenvalue weighted by Crippen LogP contribution is 2.27. The fraction of sp³-hybridized carbons (Fsp3) is 0.462. The molecule has 1 amide bonds. The van der Waals surface area contributed by atoms with Gasteiger partial charge in [0.25, 0.3) is 5.91 Å². The number of amides is 1. The molecule has 6 heteroatoms. The molecule has 3 nitrogen and oxygen atoms in total. The minimum Gasteiger partial charge on any atom is -0.338 e. The lowest BCUT2D eigenvalue weighted by atomic mass is 10.0. The van der Waals surface area contributed by atoms with E-state index in [0.717, 1.165) is 25.9 Å². The Labute approximate surface area is 129 Å². The number of carbonyl (C=O) groups excluding carboxylic acids is 1. The summed E-state index contributed by atoms with van der Waals surface area (Å²) in [6.07, 6.45) is 1.95. The van der Waals surface area contributed by atoms with Gasteiger partial charge < -0.3 is 10.2 Å². The van der Waals surface area contributed by atoms with Crippen LogP contribution in [0.2, 0.25) is 10.0 Å². The highest BCUT2D eigenvalue weighted by Gasteiger charge is 2.24. The van der Waals surface area contributed by atoms with Crippen LogP contribution < -0.4 is 5.32 Å². The number of nitrogens with zero attached hydrogens (tertiary/aromatic N) is 1. The van der Waals surface area contributed by atoms with Gasteiger partial charge in [-0.05, 0) is 32.0 Å². The number of benzene rings is 1. The van der Waals surface area contributed by atoms with E-state index in [4.69, 9.17) is 23.2 Å². The van der Waals surface area contributed by atoms with E-state index in [1.165, 1.54) is 0 Å². The van der Waals surface area contributed by atoms with Gasteiger partial charge in [-0.2, -0.15) is 0 Å². The van der Waals surface area contributed by atoms with Gasteiger partial charge in [0.1, 0.15) is 0 Å². The van der Waals surface area contributed by atoms with Crippen molar-refractivity contribution in [1.29, 1.82) is 0 Å². The fourth-order valence-electron chi connectivity index (χ4n) is 2.21. The first-order valence-corrected chi connectivity index (χ1v) is 6.79. The van der Waals surface area contributed by atoms with Gasteiger partial charge in [0, 0.05) is 19.1 Å². The zero-order valence-electron chi connectivity index (χ0n) is 10.7. The molecule has 106 valence electrons. The van der Waals surface area contributed by atoms with Crippen molar-refractivity contribution in [1.82, 2.24) is 10.2 Å². The van der Waals surface area contributed by atoms with Crippen molar-refractivity contribution in [3.05, 3.63) is 33.8 Å². The third-order valence-corrected chi connectivity index (χ3v) is 4.19. The number of hydrogen-bond donors (Lipinski definition) is 1. The van der Waals surface area contributed by atoms with Gasteiger partial charge in [-0.25, -0.2) is 0 Å². The van der Waals surface area contributed by atoms with Gasteiger partial charge in [-0.3, -0.25) is 4.79 Å². The van der Waals surface area contributed by atoms with Crippen LogP contribution >= 0.6 is 35.6 Å². The Morgan fingerprint density at radius 1 is 1.32 bits per heavy atom. The molecular weight excluding hydrogens is 307 g/mol. The Kier molecular flexibility index (Phi) is 6.40. The van der Waals surface area contributed by atoms with Crippen molar-refractivity contribution in [2.75, 3.05) is 20.1 Å². The summed E-state index contributed by atoms with van der Waals surface area (Å²) in [6.45, 7) is 1.51. The lowest BCUT2D eigenvalue weighted by molar-refractivity contribution is 0.0707. The highest BCUT2D eigenvalue weighted by molar-refractivity contribution is 6.43. The molecule has 1 aromatic carbocycles. The molecule has 1 heterocycles. The Bertz CT molecular complexity index is 446. The molecule has 0 spiro atoms. The molecule has 1 aliphatic heterocycles. The summed E-state index contributed by atoms with van der Waals surface area (Å²) >= 11 is 12.0. The summed E-state index contributed by atoms with van der Waals surface area (Å²) in [5, 5.41) is 4.01. The molecule has 0 aliphatic carbocycles. The normalized spacial score (nSPS) is 16.1. The fourth-order valence-corrected chi connectivity index (χ4v) is 2.59.